The summed E-state index contributed by atoms with van der Waals surface area (Å²) in [6, 6.07) is 10.6. The molecule has 1 aliphatic heterocycles. The summed E-state index contributed by atoms with van der Waals surface area (Å²) in [5, 5.41) is 0. The molecule has 0 N–H and O–H groups in total. The summed E-state index contributed by atoms with van der Waals surface area (Å²) in [7, 11) is 3.73. The molecule has 0 saturated carbocycles. The van der Waals surface area contributed by atoms with E-state index in [1.165, 1.54) is 24.0 Å². The molecule has 5 nitrogen and oxygen atoms in total. The molecule has 1 aromatic carbocycles. The van der Waals surface area contributed by atoms with Crippen LogP contribution in [-0.4, -0.2) is 47.1 Å². The van der Waals surface area contributed by atoms with Crippen LogP contribution >= 0.6 is 0 Å². The van der Waals surface area contributed by atoms with Gasteiger partial charge in [-0.1, -0.05) is 32.0 Å². The Morgan fingerprint density at radius 1 is 1.12 bits per heavy atom. The van der Waals surface area contributed by atoms with Crippen LogP contribution in [0.2, 0.25) is 0 Å². The smallest absolute Gasteiger partial charge is 0.319 e. The molecule has 2 atom stereocenters. The Labute approximate surface area is 192 Å². The summed E-state index contributed by atoms with van der Waals surface area (Å²) in [6.45, 7) is 7.24. The van der Waals surface area contributed by atoms with Gasteiger partial charge in [0.05, 0.1) is 0 Å². The van der Waals surface area contributed by atoms with Gasteiger partial charge in [-0.2, -0.15) is 0 Å². The molecule has 2 heterocycles. The van der Waals surface area contributed by atoms with Gasteiger partial charge in [-0.25, -0.2) is 4.79 Å². The van der Waals surface area contributed by atoms with Gasteiger partial charge in [0.25, 0.3) is 5.56 Å². The normalized spacial score (nSPS) is 23.0. The molecular formula is C27H37N3O2. The van der Waals surface area contributed by atoms with Crippen LogP contribution in [0.4, 0.5) is 4.79 Å². The van der Waals surface area contributed by atoms with E-state index in [9.17, 15) is 9.59 Å². The average molecular weight is 436 g/mol. The van der Waals surface area contributed by atoms with Crippen molar-refractivity contribution in [2.75, 3.05) is 26.7 Å². The minimum Gasteiger partial charge on any atom is -0.328 e. The predicted octanol–water partition coefficient (Wildman–Crippen LogP) is 4.82. The lowest BCUT2D eigenvalue weighted by Gasteiger charge is -2.43. The van der Waals surface area contributed by atoms with E-state index in [1.54, 1.807) is 17.7 Å². The molecule has 2 amide bonds. The maximum Gasteiger partial charge on any atom is 0.319 e. The number of amides is 2. The second-order valence-electron chi connectivity index (χ2n) is 10.1. The number of aryl methyl sites for hydroxylation is 2. The Hall–Kier alpha value is -2.56. The van der Waals surface area contributed by atoms with Gasteiger partial charge in [0.2, 0.25) is 0 Å². The molecule has 172 valence electrons. The number of rotatable bonds is 4. The monoisotopic (exact) mass is 435 g/mol. The maximum absolute atomic E-state index is 12.9. The number of likely N-dealkylation sites (tertiary alicyclic amines) is 1. The van der Waals surface area contributed by atoms with Crippen LogP contribution in [0.1, 0.15) is 57.1 Å². The minimum atomic E-state index is -0.000225. The van der Waals surface area contributed by atoms with Gasteiger partial charge in [-0.3, -0.25) is 4.79 Å². The molecule has 0 spiro atoms. The number of carbonyl (C=O) groups excluding carboxylic acids is 1. The first-order valence-electron chi connectivity index (χ1n) is 12.1. The summed E-state index contributed by atoms with van der Waals surface area (Å²) < 4.78 is 1.60. The number of piperidine rings is 1. The van der Waals surface area contributed by atoms with Crippen molar-refractivity contribution in [2.45, 2.75) is 57.8 Å². The number of pyridine rings is 1. The van der Waals surface area contributed by atoms with Gasteiger partial charge >= 0.3 is 6.03 Å². The van der Waals surface area contributed by atoms with E-state index in [0.717, 1.165) is 56.4 Å². The van der Waals surface area contributed by atoms with Gasteiger partial charge in [0.1, 0.15) is 0 Å². The quantitative estimate of drug-likeness (QED) is 0.691. The van der Waals surface area contributed by atoms with Crippen molar-refractivity contribution in [1.29, 1.82) is 0 Å². The van der Waals surface area contributed by atoms with E-state index >= 15 is 0 Å². The second kappa shape index (κ2) is 9.13. The van der Waals surface area contributed by atoms with Crippen LogP contribution in [0.25, 0.3) is 11.1 Å². The third kappa shape index (κ3) is 4.35. The first-order valence-corrected chi connectivity index (χ1v) is 12.1. The van der Waals surface area contributed by atoms with Gasteiger partial charge in [0, 0.05) is 46.0 Å². The molecule has 4 rings (SSSR count). The number of fused-ring (bicyclic) bond motifs is 1. The number of urea groups is 1. The van der Waals surface area contributed by atoms with Gasteiger partial charge in [-0.05, 0) is 78.2 Å². The Balaban J connectivity index is 1.57. The van der Waals surface area contributed by atoms with Crippen molar-refractivity contribution in [3.8, 4) is 11.1 Å². The number of hydrogen-bond donors (Lipinski definition) is 0. The van der Waals surface area contributed by atoms with E-state index in [4.69, 9.17) is 0 Å². The summed E-state index contributed by atoms with van der Waals surface area (Å²) in [5.41, 5.74) is 4.86. The minimum absolute atomic E-state index is 0.000225. The summed E-state index contributed by atoms with van der Waals surface area (Å²) in [4.78, 5) is 29.0. The lowest BCUT2D eigenvalue weighted by Crippen LogP contribution is -2.46. The summed E-state index contributed by atoms with van der Waals surface area (Å²) in [6.07, 6.45) is 8.50. The van der Waals surface area contributed by atoms with Crippen LogP contribution in [0.5, 0.6) is 0 Å². The topological polar surface area (TPSA) is 45.6 Å². The third-order valence-corrected chi connectivity index (χ3v) is 8.02. The number of aromatic nitrogens is 1. The molecule has 2 aliphatic rings. The first-order chi connectivity index (χ1) is 15.3. The zero-order chi connectivity index (χ0) is 22.9. The molecule has 0 unspecified atom stereocenters. The Morgan fingerprint density at radius 2 is 1.84 bits per heavy atom. The molecule has 1 fully saturated rings. The summed E-state index contributed by atoms with van der Waals surface area (Å²) >= 11 is 0. The molecular weight excluding hydrogens is 398 g/mol. The molecule has 0 bridgehead atoms. The molecule has 2 aromatic rings. The van der Waals surface area contributed by atoms with E-state index in [2.05, 4.69) is 32.0 Å². The molecule has 5 heteroatoms. The summed E-state index contributed by atoms with van der Waals surface area (Å²) in [5.74, 6) is 0.535. The maximum atomic E-state index is 12.9. The molecule has 32 heavy (non-hydrogen) atoms. The fraction of sp³-hybridized carbons (Fsp3) is 0.556. The fourth-order valence-electron chi connectivity index (χ4n) is 5.39. The van der Waals surface area contributed by atoms with Crippen LogP contribution in [0.3, 0.4) is 0 Å². The molecule has 1 aliphatic carbocycles. The van der Waals surface area contributed by atoms with Crippen LogP contribution in [0, 0.1) is 5.92 Å². The fourth-order valence-corrected chi connectivity index (χ4v) is 5.39. The lowest BCUT2D eigenvalue weighted by atomic mass is 9.63. The Bertz CT molecular complexity index is 1040. The lowest BCUT2D eigenvalue weighted by molar-refractivity contribution is 0.145. The third-order valence-electron chi connectivity index (χ3n) is 8.02. The molecule has 1 saturated heterocycles. The Morgan fingerprint density at radius 3 is 2.56 bits per heavy atom. The van der Waals surface area contributed by atoms with Gasteiger partial charge < -0.3 is 14.4 Å². The zero-order valence-corrected chi connectivity index (χ0v) is 20.1. The van der Waals surface area contributed by atoms with Crippen molar-refractivity contribution in [2.24, 2.45) is 13.0 Å². The average Bonchev–Trinajstić information content (AvgIpc) is 2.82. The van der Waals surface area contributed by atoms with Crippen molar-refractivity contribution >= 4 is 6.03 Å². The second-order valence-corrected chi connectivity index (χ2v) is 10.1. The number of hydrogen-bond acceptors (Lipinski definition) is 2. The number of carbonyl (C=O) groups is 1. The van der Waals surface area contributed by atoms with E-state index in [1.807, 2.05) is 29.1 Å². The highest BCUT2D eigenvalue weighted by Crippen LogP contribution is 2.45. The van der Waals surface area contributed by atoms with Crippen molar-refractivity contribution in [3.63, 3.8) is 0 Å². The SMILES string of the molecule is C[C@@H]1CCc2ccc(-c3ccn(C)c(=O)c3)cc2[C@]1(C)CCN(C)C(=O)N1CCCCC1. The van der Waals surface area contributed by atoms with E-state index in [-0.39, 0.29) is 17.0 Å². The predicted molar refractivity (Wildman–Crippen MR) is 130 cm³/mol. The van der Waals surface area contributed by atoms with E-state index < -0.39 is 0 Å². The highest BCUT2D eigenvalue weighted by atomic mass is 16.2. The number of nitrogens with zero attached hydrogens (tertiary/aromatic N) is 3. The number of benzene rings is 1. The van der Waals surface area contributed by atoms with E-state index in [0.29, 0.717) is 5.92 Å². The largest absolute Gasteiger partial charge is 0.328 e. The van der Waals surface area contributed by atoms with Crippen molar-refractivity contribution < 1.29 is 4.79 Å². The van der Waals surface area contributed by atoms with Crippen LogP contribution in [-0.2, 0) is 18.9 Å². The van der Waals surface area contributed by atoms with Gasteiger partial charge in [-0.15, -0.1) is 0 Å². The van der Waals surface area contributed by atoms with Crippen LogP contribution in [0.15, 0.2) is 41.3 Å². The van der Waals surface area contributed by atoms with Gasteiger partial charge in [0.15, 0.2) is 0 Å². The highest BCUT2D eigenvalue weighted by Gasteiger charge is 2.38. The van der Waals surface area contributed by atoms with Crippen LogP contribution < -0.4 is 5.56 Å². The van der Waals surface area contributed by atoms with Crippen molar-refractivity contribution in [3.05, 3.63) is 58.0 Å². The standard InChI is InChI=1S/C27H37N3O2/c1-20-8-9-21-10-11-22(23-12-16-28(3)25(31)19-23)18-24(21)27(20,2)13-17-29(4)26(32)30-14-6-5-7-15-30/h10-12,16,18-20H,5-9,13-15,17H2,1-4H3/t20-,27-/m1/s1. The Kier molecular flexibility index (Phi) is 6.45. The first kappa shape index (κ1) is 22.6. The van der Waals surface area contributed by atoms with Crippen molar-refractivity contribution in [1.82, 2.24) is 14.4 Å². The molecule has 0 radical (unpaired) electrons. The molecule has 1 aromatic heterocycles. The zero-order valence-electron chi connectivity index (χ0n) is 20.1. The highest BCUT2D eigenvalue weighted by molar-refractivity contribution is 5.74.